The Balaban J connectivity index is 1.92. The number of hydrogen-bond acceptors (Lipinski definition) is 0. The predicted molar refractivity (Wildman–Crippen MR) is 74.4 cm³/mol. The van der Waals surface area contributed by atoms with Gasteiger partial charge in [-0.15, -0.1) is 11.6 Å². The molecule has 0 N–H and O–H groups in total. The van der Waals surface area contributed by atoms with Gasteiger partial charge >= 0.3 is 0 Å². The van der Waals surface area contributed by atoms with Crippen LogP contribution in [0.25, 0.3) is 0 Å². The molecule has 0 saturated carbocycles. The van der Waals surface area contributed by atoms with Crippen molar-refractivity contribution < 1.29 is 0 Å². The van der Waals surface area contributed by atoms with Crippen LogP contribution in [0.2, 0.25) is 0 Å². The highest BCUT2D eigenvalue weighted by Crippen LogP contribution is 2.06. The second-order valence-electron chi connectivity index (χ2n) is 3.98. The molecule has 0 aromatic heterocycles. The zero-order valence-electron chi connectivity index (χ0n) is 9.14. The molecule has 0 fully saturated rings. The van der Waals surface area contributed by atoms with Crippen LogP contribution in [-0.4, -0.2) is 14.5 Å². The Morgan fingerprint density at radius 2 is 1.44 bits per heavy atom. The normalized spacial score (nSPS) is 13.1. The zero-order chi connectivity index (χ0) is 11.2. The highest BCUT2D eigenvalue weighted by molar-refractivity contribution is 6.64. The molecule has 2 heteroatoms. The molecule has 2 rings (SSSR count). The minimum absolute atomic E-state index is 0.310. The van der Waals surface area contributed by atoms with Crippen molar-refractivity contribution >= 4 is 26.3 Å². The van der Waals surface area contributed by atoms with Crippen molar-refractivity contribution in [1.29, 1.82) is 0 Å². The van der Waals surface area contributed by atoms with Gasteiger partial charge in [-0.3, -0.25) is 0 Å². The largest absolute Gasteiger partial charge is 0.126 e. The summed E-state index contributed by atoms with van der Waals surface area (Å²) < 4.78 is 0. The van der Waals surface area contributed by atoms with Crippen LogP contribution in [0.15, 0.2) is 60.7 Å². The van der Waals surface area contributed by atoms with Crippen molar-refractivity contribution in [2.45, 2.75) is 11.4 Å². The van der Waals surface area contributed by atoms with Crippen molar-refractivity contribution in [1.82, 2.24) is 0 Å². The maximum Gasteiger partial charge on any atom is 0.0757 e. The second-order valence-corrected chi connectivity index (χ2v) is 7.32. The topological polar surface area (TPSA) is 0 Å². The average Bonchev–Trinajstić information content (AvgIpc) is 2.31. The molecule has 82 valence electrons. The lowest BCUT2D eigenvalue weighted by Crippen LogP contribution is -2.25. The third kappa shape index (κ3) is 3.51. The monoisotopic (exact) mass is 246 g/mol. The van der Waals surface area contributed by atoms with Crippen molar-refractivity contribution in [2.75, 3.05) is 0 Å². The maximum atomic E-state index is 6.41. The van der Waals surface area contributed by atoms with Gasteiger partial charge < -0.3 is 0 Å². The molecule has 0 spiro atoms. The van der Waals surface area contributed by atoms with E-state index in [1.165, 1.54) is 10.8 Å². The first kappa shape index (κ1) is 11.4. The summed E-state index contributed by atoms with van der Waals surface area (Å²) >= 11 is 6.41. The van der Waals surface area contributed by atoms with E-state index in [2.05, 4.69) is 54.6 Å². The zero-order valence-corrected chi connectivity index (χ0v) is 11.3. The van der Waals surface area contributed by atoms with Gasteiger partial charge in [0.05, 0.1) is 9.52 Å². The molecule has 2 aromatic rings. The number of alkyl halides is 1. The third-order valence-electron chi connectivity index (χ3n) is 2.60. The van der Waals surface area contributed by atoms with E-state index in [0.29, 0.717) is 5.00 Å². The Hall–Kier alpha value is -1.05. The Bertz CT molecular complexity index is 372. The number of benzene rings is 2. The van der Waals surface area contributed by atoms with E-state index in [9.17, 15) is 0 Å². The fraction of sp³-hybridized carbons (Fsp3) is 0.143. The van der Waals surface area contributed by atoms with Crippen LogP contribution < -0.4 is 5.19 Å². The lowest BCUT2D eigenvalue weighted by Gasteiger charge is -2.08. The molecule has 0 aliphatic carbocycles. The summed E-state index contributed by atoms with van der Waals surface area (Å²) in [4.78, 5) is 0. The predicted octanol–water partition coefficient (Wildman–Crippen LogP) is 2.29. The molecule has 0 amide bonds. The molecule has 1 unspecified atom stereocenters. The highest BCUT2D eigenvalue weighted by Gasteiger charge is 2.07. The summed E-state index contributed by atoms with van der Waals surface area (Å²) in [6.45, 7) is 0. The van der Waals surface area contributed by atoms with Gasteiger partial charge in [-0.05, 0) is 12.0 Å². The van der Waals surface area contributed by atoms with E-state index in [0.717, 1.165) is 6.42 Å². The first-order valence-corrected chi connectivity index (χ1v) is 7.52. The smallest absolute Gasteiger partial charge is 0.0757 e. The van der Waals surface area contributed by atoms with Crippen LogP contribution >= 0.6 is 11.6 Å². The molecule has 0 aliphatic heterocycles. The van der Waals surface area contributed by atoms with E-state index in [1.54, 1.807) is 0 Å². The van der Waals surface area contributed by atoms with E-state index in [-0.39, 0.29) is 9.52 Å². The van der Waals surface area contributed by atoms with Gasteiger partial charge in [-0.25, -0.2) is 0 Å². The maximum absolute atomic E-state index is 6.41. The van der Waals surface area contributed by atoms with Crippen LogP contribution in [0.5, 0.6) is 0 Å². The number of halogens is 1. The van der Waals surface area contributed by atoms with Gasteiger partial charge in [0.1, 0.15) is 0 Å². The third-order valence-corrected chi connectivity index (χ3v) is 4.89. The number of rotatable bonds is 4. The molecule has 16 heavy (non-hydrogen) atoms. The molecule has 2 aromatic carbocycles. The molecule has 1 atom stereocenters. The Labute approximate surface area is 104 Å². The summed E-state index contributed by atoms with van der Waals surface area (Å²) in [7, 11) is -0.365. The van der Waals surface area contributed by atoms with Gasteiger partial charge in [-0.2, -0.15) is 0 Å². The van der Waals surface area contributed by atoms with Crippen LogP contribution in [0.1, 0.15) is 5.56 Å². The Morgan fingerprint density at radius 1 is 0.875 bits per heavy atom. The fourth-order valence-corrected chi connectivity index (χ4v) is 4.06. The molecule has 0 radical (unpaired) electrons. The first-order valence-electron chi connectivity index (χ1n) is 5.56. The molecule has 0 aliphatic rings. The quantitative estimate of drug-likeness (QED) is 0.574. The summed E-state index contributed by atoms with van der Waals surface area (Å²) in [6, 6.07) is 21.1. The Morgan fingerprint density at radius 3 is 2.06 bits per heavy atom. The van der Waals surface area contributed by atoms with E-state index >= 15 is 0 Å². The molecule has 0 heterocycles. The van der Waals surface area contributed by atoms with Crippen molar-refractivity contribution in [3.05, 3.63) is 66.2 Å². The van der Waals surface area contributed by atoms with Crippen LogP contribution in [0.3, 0.4) is 0 Å². The van der Waals surface area contributed by atoms with Gasteiger partial charge in [0.15, 0.2) is 0 Å². The minimum Gasteiger partial charge on any atom is -0.126 e. The van der Waals surface area contributed by atoms with Gasteiger partial charge in [0.25, 0.3) is 0 Å². The lowest BCUT2D eigenvalue weighted by atomic mass is 10.2. The first-order chi connectivity index (χ1) is 7.84. The van der Waals surface area contributed by atoms with Crippen LogP contribution in [0, 0.1) is 0 Å². The van der Waals surface area contributed by atoms with E-state index in [4.69, 9.17) is 11.6 Å². The molecule has 0 nitrogen and oxygen atoms in total. The van der Waals surface area contributed by atoms with Gasteiger partial charge in [0.2, 0.25) is 0 Å². The van der Waals surface area contributed by atoms with Crippen LogP contribution in [-0.2, 0) is 6.42 Å². The molecular weight excluding hydrogens is 232 g/mol. The van der Waals surface area contributed by atoms with E-state index < -0.39 is 0 Å². The fourth-order valence-electron chi connectivity index (χ4n) is 1.81. The summed E-state index contributed by atoms with van der Waals surface area (Å²) in [5.74, 6) is 0. The molecular formula is C14H15ClSi. The minimum atomic E-state index is -0.365. The summed E-state index contributed by atoms with van der Waals surface area (Å²) in [5, 5.41) is 1.75. The van der Waals surface area contributed by atoms with Crippen molar-refractivity contribution in [3.63, 3.8) is 0 Å². The molecule has 0 saturated heterocycles. The standard InChI is InChI=1S/C14H15ClSi/c15-14(11-12-7-3-1-4-8-12)16-13-9-5-2-6-10-13/h1-10,14H,11,16H2. The summed E-state index contributed by atoms with van der Waals surface area (Å²) in [5.41, 5.74) is 1.34. The SMILES string of the molecule is ClC(Cc1ccccc1)[SiH2]c1ccccc1. The van der Waals surface area contributed by atoms with Gasteiger partial charge in [0, 0.05) is 5.00 Å². The van der Waals surface area contributed by atoms with Crippen molar-refractivity contribution in [3.8, 4) is 0 Å². The summed E-state index contributed by atoms with van der Waals surface area (Å²) in [6.07, 6.45) is 0.990. The number of hydrogen-bond donors (Lipinski definition) is 0. The van der Waals surface area contributed by atoms with Gasteiger partial charge in [-0.1, -0.05) is 65.9 Å². The Kier molecular flexibility index (Phi) is 4.20. The lowest BCUT2D eigenvalue weighted by molar-refractivity contribution is 1.08. The van der Waals surface area contributed by atoms with Crippen molar-refractivity contribution in [2.24, 2.45) is 0 Å². The highest BCUT2D eigenvalue weighted by atomic mass is 35.5. The average molecular weight is 247 g/mol. The van der Waals surface area contributed by atoms with E-state index in [1.807, 2.05) is 6.07 Å². The van der Waals surface area contributed by atoms with Crippen LogP contribution in [0.4, 0.5) is 0 Å². The second kappa shape index (κ2) is 5.88. The molecule has 0 bridgehead atoms.